The molecule has 0 saturated heterocycles. The summed E-state index contributed by atoms with van der Waals surface area (Å²) in [6.07, 6.45) is 5.22. The quantitative estimate of drug-likeness (QED) is 0.697. The number of hydrogen-bond donors (Lipinski definition) is 2. The van der Waals surface area contributed by atoms with Gasteiger partial charge in [-0.1, -0.05) is 25.0 Å². The van der Waals surface area contributed by atoms with Crippen LogP contribution >= 0.6 is 0 Å². The zero-order valence-corrected chi connectivity index (χ0v) is 17.0. The summed E-state index contributed by atoms with van der Waals surface area (Å²) in [6.45, 7) is 4.85. The van der Waals surface area contributed by atoms with Crippen molar-refractivity contribution in [2.24, 2.45) is 5.92 Å². The first kappa shape index (κ1) is 21.2. The summed E-state index contributed by atoms with van der Waals surface area (Å²) >= 11 is 0. The van der Waals surface area contributed by atoms with Gasteiger partial charge in [-0.05, 0) is 64.5 Å². The highest BCUT2D eigenvalue weighted by atomic mass is 16.2. The van der Waals surface area contributed by atoms with Crippen LogP contribution in [0.3, 0.4) is 0 Å². The zero-order valence-electron chi connectivity index (χ0n) is 17.0. The Bertz CT molecular complexity index is 612. The SMILES string of the molecule is CCN(CCCN(C)C)C(=O)NCc1cccc(NC(=O)C2CCCC2)c1. The highest BCUT2D eigenvalue weighted by Crippen LogP contribution is 2.26. The third-order valence-corrected chi connectivity index (χ3v) is 5.07. The first-order valence-corrected chi connectivity index (χ1v) is 10.1. The van der Waals surface area contributed by atoms with Crippen LogP contribution in [-0.4, -0.2) is 55.5 Å². The number of nitrogens with zero attached hydrogens (tertiary/aromatic N) is 2. The molecule has 1 fully saturated rings. The van der Waals surface area contributed by atoms with Gasteiger partial charge in [0.1, 0.15) is 0 Å². The Hall–Kier alpha value is -2.08. The molecule has 150 valence electrons. The van der Waals surface area contributed by atoms with Crippen molar-refractivity contribution in [3.8, 4) is 0 Å². The molecule has 2 rings (SSSR count). The fraction of sp³-hybridized carbons (Fsp3) is 0.619. The summed E-state index contributed by atoms with van der Waals surface area (Å²) in [5, 5.41) is 6.00. The molecule has 0 aromatic heterocycles. The Kier molecular flexibility index (Phi) is 8.58. The van der Waals surface area contributed by atoms with Gasteiger partial charge in [-0.15, -0.1) is 0 Å². The molecule has 0 aliphatic heterocycles. The number of carbonyl (C=O) groups is 2. The lowest BCUT2D eigenvalue weighted by molar-refractivity contribution is -0.119. The maximum atomic E-state index is 12.4. The molecule has 0 heterocycles. The van der Waals surface area contributed by atoms with E-state index in [1.807, 2.05) is 50.2 Å². The van der Waals surface area contributed by atoms with Gasteiger partial charge in [0, 0.05) is 31.2 Å². The molecule has 1 aliphatic rings. The maximum absolute atomic E-state index is 12.4. The predicted molar refractivity (Wildman–Crippen MR) is 110 cm³/mol. The lowest BCUT2D eigenvalue weighted by atomic mass is 10.1. The number of nitrogens with one attached hydrogen (secondary N) is 2. The zero-order chi connectivity index (χ0) is 19.6. The molecular formula is C21H34N4O2. The Morgan fingerprint density at radius 1 is 1.15 bits per heavy atom. The first-order valence-electron chi connectivity index (χ1n) is 10.1. The Balaban J connectivity index is 1.82. The van der Waals surface area contributed by atoms with Gasteiger partial charge < -0.3 is 20.4 Å². The number of hydrogen-bond acceptors (Lipinski definition) is 3. The molecule has 6 nitrogen and oxygen atoms in total. The fourth-order valence-electron chi connectivity index (χ4n) is 3.46. The maximum Gasteiger partial charge on any atom is 0.317 e. The van der Waals surface area contributed by atoms with Crippen molar-refractivity contribution < 1.29 is 9.59 Å². The minimum Gasteiger partial charge on any atom is -0.334 e. The van der Waals surface area contributed by atoms with Crippen LogP contribution in [0, 0.1) is 5.92 Å². The van der Waals surface area contributed by atoms with Crippen LogP contribution in [0.1, 0.15) is 44.6 Å². The topological polar surface area (TPSA) is 64.7 Å². The van der Waals surface area contributed by atoms with Gasteiger partial charge in [-0.25, -0.2) is 4.79 Å². The molecule has 0 radical (unpaired) electrons. The van der Waals surface area contributed by atoms with E-state index in [4.69, 9.17) is 0 Å². The molecule has 6 heteroatoms. The number of benzene rings is 1. The summed E-state index contributed by atoms with van der Waals surface area (Å²) in [5.41, 5.74) is 1.79. The van der Waals surface area contributed by atoms with E-state index in [0.717, 1.165) is 56.4 Å². The second kappa shape index (κ2) is 10.9. The standard InChI is InChI=1S/C21H34N4O2/c1-4-25(14-8-13-24(2)3)21(27)22-16-17-9-7-12-19(15-17)23-20(26)18-10-5-6-11-18/h7,9,12,15,18H,4-6,8,10-11,13-14,16H2,1-3H3,(H,22,27)(H,23,26). The van der Waals surface area contributed by atoms with E-state index < -0.39 is 0 Å². The highest BCUT2D eigenvalue weighted by molar-refractivity contribution is 5.92. The monoisotopic (exact) mass is 374 g/mol. The molecule has 1 saturated carbocycles. The molecule has 2 N–H and O–H groups in total. The summed E-state index contributed by atoms with van der Waals surface area (Å²) in [7, 11) is 4.07. The first-order chi connectivity index (χ1) is 13.0. The molecule has 0 unspecified atom stereocenters. The van der Waals surface area contributed by atoms with E-state index in [2.05, 4.69) is 15.5 Å². The van der Waals surface area contributed by atoms with Crippen molar-refractivity contribution >= 4 is 17.6 Å². The second-order valence-electron chi connectivity index (χ2n) is 7.57. The second-order valence-corrected chi connectivity index (χ2v) is 7.57. The third kappa shape index (κ3) is 7.21. The average Bonchev–Trinajstić information content (AvgIpc) is 3.18. The van der Waals surface area contributed by atoms with Crippen LogP contribution in [0.4, 0.5) is 10.5 Å². The van der Waals surface area contributed by atoms with Crippen molar-refractivity contribution in [3.63, 3.8) is 0 Å². The number of urea groups is 1. The van der Waals surface area contributed by atoms with Gasteiger partial charge in [-0.3, -0.25) is 4.79 Å². The Morgan fingerprint density at radius 3 is 2.56 bits per heavy atom. The number of rotatable bonds is 9. The molecule has 27 heavy (non-hydrogen) atoms. The third-order valence-electron chi connectivity index (χ3n) is 5.07. The lowest BCUT2D eigenvalue weighted by Gasteiger charge is -2.22. The highest BCUT2D eigenvalue weighted by Gasteiger charge is 2.22. The lowest BCUT2D eigenvalue weighted by Crippen LogP contribution is -2.40. The molecule has 3 amide bonds. The summed E-state index contributed by atoms with van der Waals surface area (Å²) in [4.78, 5) is 28.6. The van der Waals surface area contributed by atoms with Gasteiger partial charge in [-0.2, -0.15) is 0 Å². The van der Waals surface area contributed by atoms with Gasteiger partial charge in [0.25, 0.3) is 0 Å². The van der Waals surface area contributed by atoms with E-state index >= 15 is 0 Å². The van der Waals surface area contributed by atoms with E-state index in [1.54, 1.807) is 0 Å². The summed E-state index contributed by atoms with van der Waals surface area (Å²) < 4.78 is 0. The number of amides is 3. The van der Waals surface area contributed by atoms with Crippen molar-refractivity contribution in [2.75, 3.05) is 39.0 Å². The molecule has 1 aliphatic carbocycles. The smallest absolute Gasteiger partial charge is 0.317 e. The van der Waals surface area contributed by atoms with Gasteiger partial charge >= 0.3 is 6.03 Å². The minimum absolute atomic E-state index is 0.0448. The molecule has 0 atom stereocenters. The largest absolute Gasteiger partial charge is 0.334 e. The van der Waals surface area contributed by atoms with Gasteiger partial charge in [0.05, 0.1) is 0 Å². The van der Waals surface area contributed by atoms with Crippen molar-refractivity contribution in [3.05, 3.63) is 29.8 Å². The van der Waals surface area contributed by atoms with Crippen molar-refractivity contribution in [2.45, 2.75) is 45.6 Å². The predicted octanol–water partition coefficient (Wildman–Crippen LogP) is 3.30. The van der Waals surface area contributed by atoms with Crippen LogP contribution < -0.4 is 10.6 Å². The summed E-state index contributed by atoms with van der Waals surface area (Å²) in [6, 6.07) is 7.68. The molecular weight excluding hydrogens is 340 g/mol. The van der Waals surface area contributed by atoms with Crippen LogP contribution in [0.25, 0.3) is 0 Å². The van der Waals surface area contributed by atoms with Crippen LogP contribution in [0.2, 0.25) is 0 Å². The van der Waals surface area contributed by atoms with Gasteiger partial charge in [0.2, 0.25) is 5.91 Å². The van der Waals surface area contributed by atoms with Crippen molar-refractivity contribution in [1.82, 2.24) is 15.1 Å². The average molecular weight is 375 g/mol. The Morgan fingerprint density at radius 2 is 1.89 bits per heavy atom. The van der Waals surface area contributed by atoms with E-state index in [9.17, 15) is 9.59 Å². The molecule has 0 spiro atoms. The number of carbonyl (C=O) groups excluding carboxylic acids is 2. The van der Waals surface area contributed by atoms with E-state index in [1.165, 1.54) is 0 Å². The van der Waals surface area contributed by atoms with E-state index in [0.29, 0.717) is 13.1 Å². The number of anilines is 1. The van der Waals surface area contributed by atoms with Crippen LogP contribution in [0.15, 0.2) is 24.3 Å². The normalized spacial score (nSPS) is 14.4. The molecule has 1 aromatic carbocycles. The van der Waals surface area contributed by atoms with Crippen LogP contribution in [-0.2, 0) is 11.3 Å². The Labute approximate surface area is 163 Å². The van der Waals surface area contributed by atoms with Gasteiger partial charge in [0.15, 0.2) is 0 Å². The minimum atomic E-state index is -0.0448. The fourth-order valence-corrected chi connectivity index (χ4v) is 3.46. The van der Waals surface area contributed by atoms with E-state index in [-0.39, 0.29) is 17.9 Å². The summed E-state index contributed by atoms with van der Waals surface area (Å²) in [5.74, 6) is 0.264. The van der Waals surface area contributed by atoms with Crippen molar-refractivity contribution in [1.29, 1.82) is 0 Å². The van der Waals surface area contributed by atoms with Crippen LogP contribution in [0.5, 0.6) is 0 Å². The molecule has 1 aromatic rings. The molecule has 0 bridgehead atoms.